The molecule has 2 aromatic carbocycles. The number of nitrogens with one attached hydrogen (secondary N) is 1. The van der Waals surface area contributed by atoms with Gasteiger partial charge in [-0.2, -0.15) is 4.98 Å². The van der Waals surface area contributed by atoms with Gasteiger partial charge in [0.1, 0.15) is 11.3 Å². The van der Waals surface area contributed by atoms with E-state index in [4.69, 9.17) is 9.15 Å². The third kappa shape index (κ3) is 2.44. The highest BCUT2D eigenvalue weighted by Gasteiger charge is 2.19. The predicted molar refractivity (Wildman–Crippen MR) is 81.6 cm³/mol. The van der Waals surface area contributed by atoms with E-state index in [0.717, 1.165) is 36.4 Å². The lowest BCUT2D eigenvalue weighted by molar-refractivity contribution is 0.229. The zero-order chi connectivity index (χ0) is 14.1. The Kier molecular flexibility index (Phi) is 2.99. The molecule has 0 radical (unpaired) electrons. The number of oxazole rings is 1. The van der Waals surface area contributed by atoms with Gasteiger partial charge in [0, 0.05) is 12.5 Å². The van der Waals surface area contributed by atoms with Gasteiger partial charge in [-0.15, -0.1) is 0 Å². The largest absolute Gasteiger partial charge is 0.493 e. The van der Waals surface area contributed by atoms with Crippen molar-refractivity contribution in [3.8, 4) is 5.75 Å². The van der Waals surface area contributed by atoms with Crippen LogP contribution in [0.2, 0.25) is 0 Å². The Bertz CT molecular complexity index is 733. The van der Waals surface area contributed by atoms with Crippen LogP contribution in [0.3, 0.4) is 0 Å². The number of nitrogens with zero attached hydrogens (tertiary/aromatic N) is 1. The summed E-state index contributed by atoms with van der Waals surface area (Å²) in [6.07, 6.45) is 1.02. The zero-order valence-corrected chi connectivity index (χ0v) is 11.6. The Morgan fingerprint density at radius 3 is 2.90 bits per heavy atom. The molecule has 2 heterocycles. The quantitative estimate of drug-likeness (QED) is 0.797. The van der Waals surface area contributed by atoms with E-state index >= 15 is 0 Å². The van der Waals surface area contributed by atoms with E-state index in [0.29, 0.717) is 11.9 Å². The average Bonchev–Trinajstić information content (AvgIpc) is 2.95. The first-order chi connectivity index (χ1) is 10.4. The predicted octanol–water partition coefficient (Wildman–Crippen LogP) is 3.49. The van der Waals surface area contributed by atoms with Crippen molar-refractivity contribution in [2.45, 2.75) is 6.42 Å². The van der Waals surface area contributed by atoms with Gasteiger partial charge in [-0.05, 0) is 30.2 Å². The minimum atomic E-state index is 0.426. The van der Waals surface area contributed by atoms with Crippen LogP contribution in [-0.4, -0.2) is 18.1 Å². The molecule has 106 valence electrons. The number of hydrogen-bond acceptors (Lipinski definition) is 4. The van der Waals surface area contributed by atoms with E-state index in [2.05, 4.69) is 22.4 Å². The van der Waals surface area contributed by atoms with Crippen molar-refractivity contribution in [2.24, 2.45) is 5.92 Å². The third-order valence-corrected chi connectivity index (χ3v) is 3.79. The molecule has 21 heavy (non-hydrogen) atoms. The number of rotatable bonds is 3. The Balaban J connectivity index is 1.43. The fourth-order valence-corrected chi connectivity index (χ4v) is 2.70. The molecule has 0 aliphatic carbocycles. The number of ether oxygens (including phenoxy) is 1. The summed E-state index contributed by atoms with van der Waals surface area (Å²) in [6, 6.07) is 16.6. The maximum absolute atomic E-state index is 5.79. The van der Waals surface area contributed by atoms with Gasteiger partial charge < -0.3 is 14.5 Å². The van der Waals surface area contributed by atoms with Crippen LogP contribution >= 0.6 is 0 Å². The normalized spacial score (nSPS) is 17.2. The smallest absolute Gasteiger partial charge is 0.295 e. The van der Waals surface area contributed by atoms with Gasteiger partial charge in [0.15, 0.2) is 5.58 Å². The van der Waals surface area contributed by atoms with Gasteiger partial charge in [0.25, 0.3) is 6.01 Å². The molecule has 0 saturated carbocycles. The van der Waals surface area contributed by atoms with E-state index < -0.39 is 0 Å². The second-order valence-corrected chi connectivity index (χ2v) is 5.36. The summed E-state index contributed by atoms with van der Waals surface area (Å²) < 4.78 is 11.5. The van der Waals surface area contributed by atoms with Crippen molar-refractivity contribution >= 4 is 17.1 Å². The SMILES string of the molecule is c1ccc2c(c1)CC(CNc1nc3ccccc3o1)CO2. The number of para-hydroxylation sites is 3. The summed E-state index contributed by atoms with van der Waals surface area (Å²) in [5.74, 6) is 1.44. The maximum atomic E-state index is 5.79. The summed E-state index contributed by atoms with van der Waals surface area (Å²) in [5, 5.41) is 3.28. The van der Waals surface area contributed by atoms with E-state index in [1.807, 2.05) is 36.4 Å². The molecule has 1 N–H and O–H groups in total. The second-order valence-electron chi connectivity index (χ2n) is 5.36. The molecule has 0 bridgehead atoms. The van der Waals surface area contributed by atoms with Crippen molar-refractivity contribution in [1.82, 2.24) is 4.98 Å². The summed E-state index contributed by atoms with van der Waals surface area (Å²) >= 11 is 0. The molecule has 0 fully saturated rings. The highest BCUT2D eigenvalue weighted by Crippen LogP contribution is 2.27. The molecule has 1 unspecified atom stereocenters. The lowest BCUT2D eigenvalue weighted by Crippen LogP contribution is -2.27. The number of fused-ring (bicyclic) bond motifs is 2. The van der Waals surface area contributed by atoms with Crippen molar-refractivity contribution in [1.29, 1.82) is 0 Å². The average molecular weight is 280 g/mol. The molecule has 4 rings (SSSR count). The molecule has 0 spiro atoms. The highest BCUT2D eigenvalue weighted by molar-refractivity contribution is 5.74. The van der Waals surface area contributed by atoms with Crippen LogP contribution in [0.1, 0.15) is 5.56 Å². The van der Waals surface area contributed by atoms with Crippen LogP contribution in [0.4, 0.5) is 6.01 Å². The molecular formula is C17H16N2O2. The molecule has 0 amide bonds. The summed E-state index contributed by atoms with van der Waals surface area (Å²) in [6.45, 7) is 1.52. The van der Waals surface area contributed by atoms with Crippen molar-refractivity contribution in [3.05, 3.63) is 54.1 Å². The van der Waals surface area contributed by atoms with Gasteiger partial charge in [0.2, 0.25) is 0 Å². The number of aromatic nitrogens is 1. The highest BCUT2D eigenvalue weighted by atomic mass is 16.5. The lowest BCUT2D eigenvalue weighted by Gasteiger charge is -2.25. The standard InChI is InChI=1S/C17H16N2O2/c1-3-7-15-13(5-1)9-12(11-20-15)10-18-17-19-14-6-2-4-8-16(14)21-17/h1-8,12H,9-11H2,(H,18,19). The minimum Gasteiger partial charge on any atom is -0.493 e. The van der Waals surface area contributed by atoms with Gasteiger partial charge >= 0.3 is 0 Å². The van der Waals surface area contributed by atoms with E-state index in [1.54, 1.807) is 0 Å². The molecule has 1 atom stereocenters. The molecule has 4 nitrogen and oxygen atoms in total. The number of benzene rings is 2. The Morgan fingerprint density at radius 2 is 1.95 bits per heavy atom. The monoisotopic (exact) mass is 280 g/mol. The molecule has 1 aromatic heterocycles. The molecule has 1 aliphatic rings. The first-order valence-electron chi connectivity index (χ1n) is 7.18. The maximum Gasteiger partial charge on any atom is 0.295 e. The Hall–Kier alpha value is -2.49. The van der Waals surface area contributed by atoms with Crippen LogP contribution in [-0.2, 0) is 6.42 Å². The molecule has 1 aliphatic heterocycles. The Labute approximate surface area is 122 Å². The first kappa shape index (κ1) is 12.3. The van der Waals surface area contributed by atoms with Crippen LogP contribution in [0, 0.1) is 5.92 Å². The minimum absolute atomic E-state index is 0.426. The first-order valence-corrected chi connectivity index (χ1v) is 7.18. The van der Waals surface area contributed by atoms with Crippen LogP contribution in [0.5, 0.6) is 5.75 Å². The molecular weight excluding hydrogens is 264 g/mol. The summed E-state index contributed by atoms with van der Waals surface area (Å²) in [4.78, 5) is 4.42. The zero-order valence-electron chi connectivity index (χ0n) is 11.6. The Morgan fingerprint density at radius 1 is 1.10 bits per heavy atom. The van der Waals surface area contributed by atoms with Gasteiger partial charge in [-0.3, -0.25) is 0 Å². The van der Waals surface area contributed by atoms with E-state index in [9.17, 15) is 0 Å². The third-order valence-electron chi connectivity index (χ3n) is 3.79. The van der Waals surface area contributed by atoms with Crippen molar-refractivity contribution in [3.63, 3.8) is 0 Å². The van der Waals surface area contributed by atoms with E-state index in [-0.39, 0.29) is 0 Å². The van der Waals surface area contributed by atoms with Crippen LogP contribution in [0.15, 0.2) is 52.9 Å². The fraction of sp³-hybridized carbons (Fsp3) is 0.235. The van der Waals surface area contributed by atoms with Gasteiger partial charge in [-0.25, -0.2) is 0 Å². The van der Waals surface area contributed by atoms with Gasteiger partial charge in [-0.1, -0.05) is 30.3 Å². The fourth-order valence-electron chi connectivity index (χ4n) is 2.70. The molecule has 4 heteroatoms. The second kappa shape index (κ2) is 5.13. The molecule has 3 aromatic rings. The number of anilines is 1. The van der Waals surface area contributed by atoms with E-state index in [1.165, 1.54) is 5.56 Å². The van der Waals surface area contributed by atoms with Crippen LogP contribution in [0.25, 0.3) is 11.1 Å². The molecule has 0 saturated heterocycles. The topological polar surface area (TPSA) is 47.3 Å². The number of hydrogen-bond donors (Lipinski definition) is 1. The van der Waals surface area contributed by atoms with Crippen molar-refractivity contribution in [2.75, 3.05) is 18.5 Å². The van der Waals surface area contributed by atoms with Crippen LogP contribution < -0.4 is 10.1 Å². The van der Waals surface area contributed by atoms with Crippen molar-refractivity contribution < 1.29 is 9.15 Å². The summed E-state index contributed by atoms with van der Waals surface area (Å²) in [5.41, 5.74) is 2.96. The van der Waals surface area contributed by atoms with Gasteiger partial charge in [0.05, 0.1) is 6.61 Å². The summed E-state index contributed by atoms with van der Waals surface area (Å²) in [7, 11) is 0. The lowest BCUT2D eigenvalue weighted by atomic mass is 9.97.